The zero-order valence-corrected chi connectivity index (χ0v) is 13.8. The summed E-state index contributed by atoms with van der Waals surface area (Å²) in [7, 11) is 0. The number of amides is 1. The molecule has 1 amide bonds. The maximum absolute atomic E-state index is 12.0. The fourth-order valence-electron chi connectivity index (χ4n) is 2.50. The van der Waals surface area contributed by atoms with Crippen LogP contribution in [-0.4, -0.2) is 21.7 Å². The molecule has 0 spiro atoms. The molecule has 0 saturated carbocycles. The molecule has 116 valence electrons. The zero-order valence-electron chi connectivity index (χ0n) is 13.1. The van der Waals surface area contributed by atoms with Gasteiger partial charge in [-0.2, -0.15) is 5.10 Å². The van der Waals surface area contributed by atoms with Gasteiger partial charge in [-0.25, -0.2) is 10.4 Å². The van der Waals surface area contributed by atoms with E-state index in [0.29, 0.717) is 11.6 Å². The number of hydrogen-bond acceptors (Lipinski definition) is 3. The number of carbonyl (C=O) groups is 1. The van der Waals surface area contributed by atoms with Crippen LogP contribution in [0.5, 0.6) is 0 Å². The molecule has 0 aliphatic carbocycles. The van der Waals surface area contributed by atoms with Crippen molar-refractivity contribution in [2.45, 2.75) is 33.7 Å². The van der Waals surface area contributed by atoms with Gasteiger partial charge in [-0.15, -0.1) is 0 Å². The number of nitrogens with one attached hydrogen (secondary N) is 1. The number of carbonyl (C=O) groups excluding carboxylic acids is 1. The van der Waals surface area contributed by atoms with Crippen LogP contribution in [0.3, 0.4) is 0 Å². The highest BCUT2D eigenvalue weighted by Gasteiger charge is 2.11. The van der Waals surface area contributed by atoms with Crippen LogP contribution in [-0.2, 0) is 0 Å². The van der Waals surface area contributed by atoms with Gasteiger partial charge in [0, 0.05) is 29.2 Å². The van der Waals surface area contributed by atoms with Crippen LogP contribution in [0.2, 0.25) is 5.15 Å². The molecule has 1 N–H and O–H groups in total. The second-order valence-corrected chi connectivity index (χ2v) is 5.69. The summed E-state index contributed by atoms with van der Waals surface area (Å²) >= 11 is 5.87. The largest absolute Gasteiger partial charge is 0.346 e. The van der Waals surface area contributed by atoms with Crippen LogP contribution in [0.4, 0.5) is 0 Å². The normalized spacial score (nSPS) is 11.4. The standard InChI is InChI=1S/C16H19ClN4O/c1-10(2)21-11(3)8-13(12(21)4)9-19-20-16(22)14-6-5-7-18-15(14)17/h5-10H,1-4H3,(H,20,22). The minimum absolute atomic E-state index is 0.160. The number of nitrogens with zero attached hydrogens (tertiary/aromatic N) is 3. The molecule has 5 nitrogen and oxygen atoms in total. The first kappa shape index (κ1) is 16.2. The molecule has 0 aliphatic rings. The van der Waals surface area contributed by atoms with Gasteiger partial charge in [0.15, 0.2) is 0 Å². The van der Waals surface area contributed by atoms with Crippen molar-refractivity contribution in [3.63, 3.8) is 0 Å². The van der Waals surface area contributed by atoms with E-state index in [4.69, 9.17) is 11.6 Å². The Balaban J connectivity index is 2.12. The van der Waals surface area contributed by atoms with Crippen molar-refractivity contribution in [2.24, 2.45) is 5.10 Å². The lowest BCUT2D eigenvalue weighted by molar-refractivity contribution is 0.0955. The molecule has 6 heteroatoms. The Hall–Kier alpha value is -2.14. The molecule has 2 heterocycles. The third-order valence-electron chi connectivity index (χ3n) is 3.41. The van der Waals surface area contributed by atoms with Gasteiger partial charge in [-0.05, 0) is 45.9 Å². The van der Waals surface area contributed by atoms with Crippen LogP contribution in [0.15, 0.2) is 29.5 Å². The molecular weight excluding hydrogens is 300 g/mol. The highest BCUT2D eigenvalue weighted by molar-refractivity contribution is 6.32. The predicted octanol–water partition coefficient (Wildman–Crippen LogP) is 3.50. The second-order valence-electron chi connectivity index (χ2n) is 5.33. The van der Waals surface area contributed by atoms with Crippen molar-refractivity contribution in [2.75, 3.05) is 0 Å². The Kier molecular flexibility index (Phi) is 4.98. The molecule has 0 unspecified atom stereocenters. The first-order valence-corrected chi connectivity index (χ1v) is 7.42. The van der Waals surface area contributed by atoms with Gasteiger partial charge in [-0.1, -0.05) is 11.6 Å². The summed E-state index contributed by atoms with van der Waals surface area (Å²) in [5.74, 6) is -0.382. The number of rotatable bonds is 4. The third-order valence-corrected chi connectivity index (χ3v) is 3.71. The molecule has 2 aromatic rings. The fraction of sp³-hybridized carbons (Fsp3) is 0.312. The van der Waals surface area contributed by atoms with E-state index in [-0.39, 0.29) is 11.1 Å². The van der Waals surface area contributed by atoms with Crippen molar-refractivity contribution in [3.8, 4) is 0 Å². The fourth-order valence-corrected chi connectivity index (χ4v) is 2.71. The van der Waals surface area contributed by atoms with Crippen LogP contribution >= 0.6 is 11.6 Å². The van der Waals surface area contributed by atoms with Crippen molar-refractivity contribution in [1.82, 2.24) is 15.0 Å². The maximum atomic E-state index is 12.0. The van der Waals surface area contributed by atoms with E-state index in [0.717, 1.165) is 17.0 Å². The summed E-state index contributed by atoms with van der Waals surface area (Å²) < 4.78 is 2.22. The second kappa shape index (κ2) is 6.75. The Labute approximate surface area is 135 Å². The quantitative estimate of drug-likeness (QED) is 0.533. The molecule has 22 heavy (non-hydrogen) atoms. The number of hydrogen-bond donors (Lipinski definition) is 1. The van der Waals surface area contributed by atoms with Crippen molar-refractivity contribution >= 4 is 23.7 Å². The van der Waals surface area contributed by atoms with Gasteiger partial charge >= 0.3 is 0 Å². The Morgan fingerprint density at radius 1 is 1.45 bits per heavy atom. The molecule has 0 atom stereocenters. The van der Waals surface area contributed by atoms with E-state index < -0.39 is 0 Å². The molecule has 2 aromatic heterocycles. The molecule has 2 rings (SSSR count). The summed E-state index contributed by atoms with van der Waals surface area (Å²) in [6.45, 7) is 8.35. The molecule has 0 aliphatic heterocycles. The van der Waals surface area contributed by atoms with E-state index in [2.05, 4.69) is 40.8 Å². The lowest BCUT2D eigenvalue weighted by Crippen LogP contribution is -2.18. The molecular formula is C16H19ClN4O. The Bertz CT molecular complexity index is 719. The predicted molar refractivity (Wildman–Crippen MR) is 88.6 cm³/mol. The Morgan fingerprint density at radius 3 is 2.77 bits per heavy atom. The van der Waals surface area contributed by atoms with E-state index in [1.54, 1.807) is 18.3 Å². The summed E-state index contributed by atoms with van der Waals surface area (Å²) in [4.78, 5) is 15.8. The van der Waals surface area contributed by atoms with Crippen LogP contribution in [0, 0.1) is 13.8 Å². The van der Waals surface area contributed by atoms with E-state index in [9.17, 15) is 4.79 Å². The first-order valence-electron chi connectivity index (χ1n) is 7.04. The van der Waals surface area contributed by atoms with E-state index in [1.807, 2.05) is 13.0 Å². The number of hydrazone groups is 1. The minimum atomic E-state index is -0.382. The summed E-state index contributed by atoms with van der Waals surface area (Å²) in [6, 6.07) is 5.68. The van der Waals surface area contributed by atoms with Gasteiger partial charge < -0.3 is 4.57 Å². The van der Waals surface area contributed by atoms with Crippen molar-refractivity contribution < 1.29 is 4.79 Å². The first-order chi connectivity index (χ1) is 10.4. The summed E-state index contributed by atoms with van der Waals surface area (Å²) in [5, 5.41) is 4.17. The molecule has 0 bridgehead atoms. The molecule has 0 radical (unpaired) electrons. The van der Waals surface area contributed by atoms with Crippen LogP contribution < -0.4 is 5.43 Å². The van der Waals surface area contributed by atoms with Crippen LogP contribution in [0.25, 0.3) is 0 Å². The maximum Gasteiger partial charge on any atom is 0.274 e. The monoisotopic (exact) mass is 318 g/mol. The molecule has 0 saturated heterocycles. The van der Waals surface area contributed by atoms with Gasteiger partial charge in [0.05, 0.1) is 11.8 Å². The minimum Gasteiger partial charge on any atom is -0.346 e. The zero-order chi connectivity index (χ0) is 16.3. The number of pyridine rings is 1. The lowest BCUT2D eigenvalue weighted by atomic mass is 10.2. The summed E-state index contributed by atoms with van der Waals surface area (Å²) in [5.41, 5.74) is 6.02. The van der Waals surface area contributed by atoms with Crippen molar-refractivity contribution in [1.29, 1.82) is 0 Å². The molecule has 0 fully saturated rings. The topological polar surface area (TPSA) is 59.3 Å². The SMILES string of the molecule is Cc1cc(C=NNC(=O)c2cccnc2Cl)c(C)n1C(C)C. The van der Waals surface area contributed by atoms with E-state index >= 15 is 0 Å². The number of aromatic nitrogens is 2. The van der Waals surface area contributed by atoms with Gasteiger partial charge in [-0.3, -0.25) is 4.79 Å². The summed E-state index contributed by atoms with van der Waals surface area (Å²) in [6.07, 6.45) is 3.17. The highest BCUT2D eigenvalue weighted by atomic mass is 35.5. The van der Waals surface area contributed by atoms with Crippen LogP contribution in [0.1, 0.15) is 47.2 Å². The third kappa shape index (κ3) is 3.36. The van der Waals surface area contributed by atoms with Gasteiger partial charge in [0.25, 0.3) is 5.91 Å². The lowest BCUT2D eigenvalue weighted by Gasteiger charge is -2.13. The van der Waals surface area contributed by atoms with Gasteiger partial charge in [0.1, 0.15) is 5.15 Å². The number of aryl methyl sites for hydroxylation is 1. The van der Waals surface area contributed by atoms with Crippen molar-refractivity contribution in [3.05, 3.63) is 52.1 Å². The smallest absolute Gasteiger partial charge is 0.274 e. The number of halogens is 1. The van der Waals surface area contributed by atoms with E-state index in [1.165, 1.54) is 6.20 Å². The van der Waals surface area contributed by atoms with Gasteiger partial charge in [0.2, 0.25) is 0 Å². The average molecular weight is 319 g/mol. The highest BCUT2D eigenvalue weighted by Crippen LogP contribution is 2.18. The Morgan fingerprint density at radius 2 is 2.18 bits per heavy atom. The average Bonchev–Trinajstić information content (AvgIpc) is 2.73. The molecule has 0 aromatic carbocycles.